The number of nitrogens with zero attached hydrogens (tertiary/aromatic N) is 2. The lowest BCUT2D eigenvalue weighted by molar-refractivity contribution is 0.0695. The van der Waals surface area contributed by atoms with Crippen LogP contribution in [0.15, 0.2) is 6.20 Å². The first kappa shape index (κ1) is 10.6. The zero-order chi connectivity index (χ0) is 10.6. The van der Waals surface area contributed by atoms with Crippen molar-refractivity contribution in [3.63, 3.8) is 0 Å². The molecule has 0 bridgehead atoms. The summed E-state index contributed by atoms with van der Waals surface area (Å²) in [6, 6.07) is 0. The molecule has 0 radical (unpaired) electrons. The summed E-state index contributed by atoms with van der Waals surface area (Å²) >= 11 is 0. The molecule has 0 unspecified atom stereocenters. The lowest BCUT2D eigenvalue weighted by Crippen LogP contribution is -2.07. The Balaban J connectivity index is 2.83. The summed E-state index contributed by atoms with van der Waals surface area (Å²) in [6.07, 6.45) is 1.92. The first-order valence-electron chi connectivity index (χ1n) is 4.20. The van der Waals surface area contributed by atoms with Crippen LogP contribution in [0.25, 0.3) is 0 Å². The number of methoxy groups -OCH3 is 1. The summed E-state index contributed by atoms with van der Waals surface area (Å²) in [4.78, 5) is 18.6. The number of aryl methyl sites for hydroxylation is 1. The summed E-state index contributed by atoms with van der Waals surface area (Å²) in [7, 11) is 1.60. The molecule has 0 aliphatic rings. The number of carboxylic acid groups (broad SMARTS) is 1. The van der Waals surface area contributed by atoms with Gasteiger partial charge in [-0.2, -0.15) is 0 Å². The van der Waals surface area contributed by atoms with Crippen molar-refractivity contribution in [2.24, 2.45) is 0 Å². The third kappa shape index (κ3) is 2.50. The van der Waals surface area contributed by atoms with Gasteiger partial charge in [-0.3, -0.25) is 0 Å². The van der Waals surface area contributed by atoms with Crippen LogP contribution in [-0.2, 0) is 11.2 Å². The zero-order valence-corrected chi connectivity index (χ0v) is 8.15. The highest BCUT2D eigenvalue weighted by Crippen LogP contribution is 2.04. The fraction of sp³-hybridized carbons (Fsp3) is 0.444. The van der Waals surface area contributed by atoms with Gasteiger partial charge >= 0.3 is 5.97 Å². The van der Waals surface area contributed by atoms with E-state index in [1.165, 1.54) is 6.20 Å². The molecule has 0 saturated heterocycles. The van der Waals surface area contributed by atoms with Crippen molar-refractivity contribution in [1.29, 1.82) is 0 Å². The Morgan fingerprint density at radius 1 is 1.64 bits per heavy atom. The molecular formula is C9H12N2O3. The van der Waals surface area contributed by atoms with E-state index in [1.54, 1.807) is 14.0 Å². The van der Waals surface area contributed by atoms with Crippen LogP contribution in [0.2, 0.25) is 0 Å². The van der Waals surface area contributed by atoms with Crippen molar-refractivity contribution >= 4 is 5.97 Å². The second kappa shape index (κ2) is 4.66. The van der Waals surface area contributed by atoms with Gasteiger partial charge < -0.3 is 9.84 Å². The Bertz CT molecular complexity index is 339. The van der Waals surface area contributed by atoms with Crippen LogP contribution in [0.5, 0.6) is 0 Å². The minimum atomic E-state index is -0.999. The predicted octanol–water partition coefficient (Wildman–Crippen LogP) is 0.672. The van der Waals surface area contributed by atoms with Gasteiger partial charge in [0, 0.05) is 19.7 Å². The number of carbonyl (C=O) groups is 1. The molecule has 76 valence electrons. The molecule has 0 aromatic carbocycles. The van der Waals surface area contributed by atoms with Crippen LogP contribution >= 0.6 is 0 Å². The molecule has 1 rings (SSSR count). The lowest BCUT2D eigenvalue weighted by Gasteiger charge is -2.02. The summed E-state index contributed by atoms with van der Waals surface area (Å²) in [6.45, 7) is 2.19. The second-order valence-electron chi connectivity index (χ2n) is 2.83. The molecule has 0 aliphatic heterocycles. The van der Waals surface area contributed by atoms with Gasteiger partial charge in [0.05, 0.1) is 17.9 Å². The third-order valence-corrected chi connectivity index (χ3v) is 1.79. The minimum Gasteiger partial charge on any atom is -0.478 e. The maximum Gasteiger partial charge on any atom is 0.339 e. The molecule has 14 heavy (non-hydrogen) atoms. The van der Waals surface area contributed by atoms with Crippen LogP contribution in [0, 0.1) is 6.92 Å². The van der Waals surface area contributed by atoms with Gasteiger partial charge in [0.15, 0.2) is 0 Å². The molecule has 0 atom stereocenters. The van der Waals surface area contributed by atoms with Crippen molar-refractivity contribution in [3.8, 4) is 0 Å². The Morgan fingerprint density at radius 3 is 2.86 bits per heavy atom. The monoisotopic (exact) mass is 196 g/mol. The fourth-order valence-corrected chi connectivity index (χ4v) is 1.04. The van der Waals surface area contributed by atoms with E-state index in [9.17, 15) is 4.79 Å². The zero-order valence-electron chi connectivity index (χ0n) is 8.15. The topological polar surface area (TPSA) is 72.3 Å². The van der Waals surface area contributed by atoms with Gasteiger partial charge in [-0.1, -0.05) is 0 Å². The van der Waals surface area contributed by atoms with E-state index in [0.717, 1.165) is 0 Å². The molecule has 5 nitrogen and oxygen atoms in total. The molecule has 0 fully saturated rings. The fourth-order valence-electron chi connectivity index (χ4n) is 1.04. The average molecular weight is 196 g/mol. The number of ether oxygens (including phenoxy) is 1. The summed E-state index contributed by atoms with van der Waals surface area (Å²) in [5.74, 6) is -0.393. The maximum atomic E-state index is 10.6. The summed E-state index contributed by atoms with van der Waals surface area (Å²) in [5, 5.41) is 8.73. The average Bonchev–Trinajstić information content (AvgIpc) is 2.14. The van der Waals surface area contributed by atoms with E-state index in [0.29, 0.717) is 24.5 Å². The number of aromatic nitrogens is 2. The van der Waals surface area contributed by atoms with Crippen molar-refractivity contribution < 1.29 is 14.6 Å². The Labute approximate surface area is 81.8 Å². The van der Waals surface area contributed by atoms with Crippen molar-refractivity contribution in [3.05, 3.63) is 23.3 Å². The number of carboxylic acids is 1. The van der Waals surface area contributed by atoms with Crippen LogP contribution in [0.4, 0.5) is 0 Å². The number of aromatic carboxylic acids is 1. The maximum absolute atomic E-state index is 10.6. The van der Waals surface area contributed by atoms with Crippen molar-refractivity contribution in [1.82, 2.24) is 9.97 Å². The van der Waals surface area contributed by atoms with Gasteiger partial charge in [-0.05, 0) is 6.92 Å². The Morgan fingerprint density at radius 2 is 2.36 bits per heavy atom. The molecule has 5 heteroatoms. The Hall–Kier alpha value is -1.49. The van der Waals surface area contributed by atoms with E-state index in [1.807, 2.05) is 0 Å². The largest absolute Gasteiger partial charge is 0.478 e. The van der Waals surface area contributed by atoms with Gasteiger partial charge in [-0.15, -0.1) is 0 Å². The molecular weight excluding hydrogens is 184 g/mol. The number of rotatable bonds is 4. The SMILES string of the molecule is COCCc1ncc(C(=O)O)c(C)n1. The van der Waals surface area contributed by atoms with Crippen LogP contribution in [0.3, 0.4) is 0 Å². The van der Waals surface area contributed by atoms with Gasteiger partial charge in [0.25, 0.3) is 0 Å². The predicted molar refractivity (Wildman–Crippen MR) is 49.3 cm³/mol. The molecule has 1 heterocycles. The normalized spacial score (nSPS) is 10.1. The van der Waals surface area contributed by atoms with Crippen LogP contribution in [-0.4, -0.2) is 34.8 Å². The lowest BCUT2D eigenvalue weighted by atomic mass is 10.2. The van der Waals surface area contributed by atoms with Gasteiger partial charge in [0.2, 0.25) is 0 Å². The highest BCUT2D eigenvalue weighted by molar-refractivity contribution is 5.88. The Kier molecular flexibility index (Phi) is 3.53. The second-order valence-corrected chi connectivity index (χ2v) is 2.83. The molecule has 1 aromatic rings. The summed E-state index contributed by atoms with van der Waals surface area (Å²) in [5.41, 5.74) is 0.629. The standard InChI is InChI=1S/C9H12N2O3/c1-6-7(9(12)13)5-10-8(11-6)3-4-14-2/h5H,3-4H2,1-2H3,(H,12,13). The highest BCUT2D eigenvalue weighted by Gasteiger charge is 2.09. The molecule has 1 aromatic heterocycles. The third-order valence-electron chi connectivity index (χ3n) is 1.79. The molecule has 0 saturated carbocycles. The van der Waals surface area contributed by atoms with Crippen LogP contribution in [0.1, 0.15) is 21.9 Å². The van der Waals surface area contributed by atoms with E-state index in [2.05, 4.69) is 9.97 Å². The molecule has 0 amide bonds. The van der Waals surface area contributed by atoms with Gasteiger partial charge in [-0.25, -0.2) is 14.8 Å². The van der Waals surface area contributed by atoms with E-state index < -0.39 is 5.97 Å². The number of hydrogen-bond donors (Lipinski definition) is 1. The van der Waals surface area contributed by atoms with E-state index in [4.69, 9.17) is 9.84 Å². The van der Waals surface area contributed by atoms with Crippen LogP contribution < -0.4 is 0 Å². The first-order valence-corrected chi connectivity index (χ1v) is 4.20. The van der Waals surface area contributed by atoms with E-state index >= 15 is 0 Å². The smallest absolute Gasteiger partial charge is 0.339 e. The minimum absolute atomic E-state index is 0.145. The first-order chi connectivity index (χ1) is 6.65. The molecule has 1 N–H and O–H groups in total. The van der Waals surface area contributed by atoms with Crippen molar-refractivity contribution in [2.45, 2.75) is 13.3 Å². The van der Waals surface area contributed by atoms with E-state index in [-0.39, 0.29) is 5.56 Å². The highest BCUT2D eigenvalue weighted by atomic mass is 16.5. The molecule has 0 aliphatic carbocycles. The van der Waals surface area contributed by atoms with Gasteiger partial charge in [0.1, 0.15) is 5.82 Å². The quantitative estimate of drug-likeness (QED) is 0.766. The molecule has 0 spiro atoms. The van der Waals surface area contributed by atoms with Crippen molar-refractivity contribution in [2.75, 3.05) is 13.7 Å². The number of hydrogen-bond acceptors (Lipinski definition) is 4. The summed E-state index contributed by atoms with van der Waals surface area (Å²) < 4.78 is 4.87.